The molecule has 4 heteroatoms. The Hall–Kier alpha value is -1.32. The van der Waals surface area contributed by atoms with Gasteiger partial charge in [-0.3, -0.25) is 4.79 Å². The van der Waals surface area contributed by atoms with Crippen molar-refractivity contribution in [2.45, 2.75) is 104 Å². The van der Waals surface area contributed by atoms with Crippen LogP contribution in [0.3, 0.4) is 0 Å². The van der Waals surface area contributed by atoms with E-state index in [1.807, 2.05) is 0 Å². The zero-order chi connectivity index (χ0) is 19.2. The van der Waals surface area contributed by atoms with E-state index < -0.39 is 11.9 Å². The minimum absolute atomic E-state index is 0.237. The highest BCUT2D eigenvalue weighted by Crippen LogP contribution is 2.38. The van der Waals surface area contributed by atoms with Crippen LogP contribution in [-0.4, -0.2) is 17.0 Å². The molecule has 1 aliphatic carbocycles. The highest BCUT2D eigenvalue weighted by molar-refractivity contribution is 5.87. The van der Waals surface area contributed by atoms with Gasteiger partial charge in [0.15, 0.2) is 0 Å². The topological polar surface area (TPSA) is 63.6 Å². The summed E-state index contributed by atoms with van der Waals surface area (Å²) in [7, 11) is 0. The van der Waals surface area contributed by atoms with Crippen LogP contribution in [0.4, 0.5) is 0 Å². The van der Waals surface area contributed by atoms with E-state index in [-0.39, 0.29) is 5.76 Å². The summed E-state index contributed by atoms with van der Waals surface area (Å²) in [4.78, 5) is 21.9. The molecule has 0 aromatic heterocycles. The molecule has 0 aliphatic heterocycles. The van der Waals surface area contributed by atoms with Crippen molar-refractivity contribution in [3.63, 3.8) is 0 Å². The maximum absolute atomic E-state index is 11.0. The normalized spacial score (nSPS) is 20.3. The van der Waals surface area contributed by atoms with Gasteiger partial charge in [-0.2, -0.15) is 0 Å². The quantitative estimate of drug-likeness (QED) is 0.171. The van der Waals surface area contributed by atoms with Gasteiger partial charge >= 0.3 is 11.9 Å². The Balaban J connectivity index is 2.18. The highest BCUT2D eigenvalue weighted by Gasteiger charge is 2.25. The van der Waals surface area contributed by atoms with Crippen LogP contribution in [0.1, 0.15) is 104 Å². The number of allylic oxidation sites excluding steroid dienone is 1. The smallest absolute Gasteiger partial charge is 0.371 e. The fraction of sp³-hybridized carbons (Fsp3) is 0.818. The van der Waals surface area contributed by atoms with Crippen LogP contribution in [0.15, 0.2) is 11.8 Å². The first-order valence-corrected chi connectivity index (χ1v) is 10.7. The molecule has 0 bridgehead atoms. The van der Waals surface area contributed by atoms with Gasteiger partial charge in [-0.05, 0) is 30.8 Å². The number of hydrogen-bond donors (Lipinski definition) is 1. The number of aliphatic carboxylic acids is 1. The molecule has 0 unspecified atom stereocenters. The van der Waals surface area contributed by atoms with Gasteiger partial charge in [0.2, 0.25) is 5.76 Å². The third-order valence-corrected chi connectivity index (χ3v) is 5.57. The third kappa shape index (κ3) is 9.98. The lowest BCUT2D eigenvalue weighted by Crippen LogP contribution is -2.09. The molecule has 2 atom stereocenters. The SMILES string of the molecule is CCCCCCCC[C@H]1CCC[C@@H]1CCCCC=C(OC(C)=O)C(=O)O. The zero-order valence-electron chi connectivity index (χ0n) is 16.8. The Morgan fingerprint density at radius 1 is 0.962 bits per heavy atom. The van der Waals surface area contributed by atoms with Crippen LogP contribution in [0.2, 0.25) is 0 Å². The van der Waals surface area contributed by atoms with Gasteiger partial charge in [0.1, 0.15) is 0 Å². The molecule has 1 N–H and O–H groups in total. The largest absolute Gasteiger partial charge is 0.475 e. The molecular weight excluding hydrogens is 328 g/mol. The van der Waals surface area contributed by atoms with Crippen molar-refractivity contribution in [2.75, 3.05) is 0 Å². The first-order valence-electron chi connectivity index (χ1n) is 10.7. The van der Waals surface area contributed by atoms with Crippen molar-refractivity contribution in [3.05, 3.63) is 11.8 Å². The van der Waals surface area contributed by atoms with E-state index in [1.165, 1.54) is 83.6 Å². The van der Waals surface area contributed by atoms with Gasteiger partial charge in [-0.15, -0.1) is 0 Å². The summed E-state index contributed by atoms with van der Waals surface area (Å²) in [6, 6.07) is 0. The van der Waals surface area contributed by atoms with E-state index in [0.29, 0.717) is 6.42 Å². The summed E-state index contributed by atoms with van der Waals surface area (Å²) in [5.74, 6) is -0.217. The number of rotatable bonds is 14. The Bertz CT molecular complexity index is 441. The average molecular weight is 367 g/mol. The standard InChI is InChI=1S/C22H38O4/c1-3-4-5-6-7-9-13-19-15-12-16-20(19)14-10-8-11-17-21(22(24)25)26-18(2)23/h17,19-20H,3-16H2,1-2H3,(H,24,25)/t19-,20-/m0/s1. The van der Waals surface area contributed by atoms with E-state index in [2.05, 4.69) is 6.92 Å². The van der Waals surface area contributed by atoms with Crippen LogP contribution in [-0.2, 0) is 14.3 Å². The van der Waals surface area contributed by atoms with Crippen molar-refractivity contribution in [1.29, 1.82) is 0 Å². The monoisotopic (exact) mass is 366 g/mol. The molecule has 0 aromatic rings. The number of ether oxygens (including phenoxy) is 1. The number of carbonyl (C=O) groups is 2. The number of unbranched alkanes of at least 4 members (excludes halogenated alkanes) is 7. The van der Waals surface area contributed by atoms with Crippen LogP contribution in [0, 0.1) is 11.8 Å². The van der Waals surface area contributed by atoms with Crippen molar-refractivity contribution in [1.82, 2.24) is 0 Å². The predicted octanol–water partition coefficient (Wildman–Crippen LogP) is 6.25. The lowest BCUT2D eigenvalue weighted by atomic mass is 9.87. The second-order valence-corrected chi connectivity index (χ2v) is 7.76. The molecule has 1 aliphatic rings. The van der Waals surface area contributed by atoms with Crippen LogP contribution >= 0.6 is 0 Å². The molecule has 0 saturated heterocycles. The number of carboxylic acids is 1. The molecule has 4 nitrogen and oxygen atoms in total. The van der Waals surface area contributed by atoms with E-state index in [0.717, 1.165) is 24.7 Å². The van der Waals surface area contributed by atoms with Gasteiger partial charge in [0.25, 0.3) is 0 Å². The van der Waals surface area contributed by atoms with E-state index in [4.69, 9.17) is 9.84 Å². The highest BCUT2D eigenvalue weighted by atomic mass is 16.6. The maximum atomic E-state index is 11.0. The second-order valence-electron chi connectivity index (χ2n) is 7.76. The van der Waals surface area contributed by atoms with Gasteiger partial charge in [-0.1, -0.05) is 84.0 Å². The second kappa shape index (κ2) is 13.8. The summed E-state index contributed by atoms with van der Waals surface area (Å²) >= 11 is 0. The molecule has 150 valence electrons. The average Bonchev–Trinajstić information content (AvgIpc) is 3.03. The summed E-state index contributed by atoms with van der Waals surface area (Å²) in [5, 5.41) is 8.99. The third-order valence-electron chi connectivity index (χ3n) is 5.57. The lowest BCUT2D eigenvalue weighted by Gasteiger charge is -2.19. The molecule has 0 spiro atoms. The Kier molecular flexibility index (Phi) is 12.1. The Morgan fingerprint density at radius 3 is 2.12 bits per heavy atom. The van der Waals surface area contributed by atoms with Crippen molar-refractivity contribution < 1.29 is 19.4 Å². The molecule has 26 heavy (non-hydrogen) atoms. The Labute approximate surface area is 159 Å². The summed E-state index contributed by atoms with van der Waals surface area (Å²) < 4.78 is 4.71. The Morgan fingerprint density at radius 2 is 1.54 bits per heavy atom. The molecule has 0 aromatic carbocycles. The van der Waals surface area contributed by atoms with Gasteiger partial charge < -0.3 is 9.84 Å². The predicted molar refractivity (Wildman–Crippen MR) is 105 cm³/mol. The summed E-state index contributed by atoms with van der Waals surface area (Å²) in [6.07, 6.45) is 19.3. The van der Waals surface area contributed by atoms with Crippen molar-refractivity contribution in [3.8, 4) is 0 Å². The minimum atomic E-state index is -1.17. The van der Waals surface area contributed by atoms with E-state index in [9.17, 15) is 9.59 Å². The molecule has 0 radical (unpaired) electrons. The van der Waals surface area contributed by atoms with Crippen molar-refractivity contribution in [2.24, 2.45) is 11.8 Å². The fourth-order valence-electron chi connectivity index (χ4n) is 4.17. The maximum Gasteiger partial charge on any atom is 0.371 e. The molecule has 1 saturated carbocycles. The van der Waals surface area contributed by atoms with Gasteiger partial charge in [0, 0.05) is 6.92 Å². The van der Waals surface area contributed by atoms with Gasteiger partial charge in [-0.25, -0.2) is 4.79 Å². The number of hydrogen-bond acceptors (Lipinski definition) is 3. The molecule has 1 rings (SSSR count). The lowest BCUT2D eigenvalue weighted by molar-refractivity contribution is -0.146. The molecule has 0 amide bonds. The number of esters is 1. The first kappa shape index (κ1) is 22.7. The summed E-state index contributed by atoms with van der Waals surface area (Å²) in [6.45, 7) is 3.48. The number of carbonyl (C=O) groups excluding carboxylic acids is 1. The van der Waals surface area contributed by atoms with Crippen LogP contribution in [0.5, 0.6) is 0 Å². The fourth-order valence-corrected chi connectivity index (χ4v) is 4.17. The van der Waals surface area contributed by atoms with Crippen LogP contribution < -0.4 is 0 Å². The molecule has 1 fully saturated rings. The molecular formula is C22H38O4. The summed E-state index contributed by atoms with van der Waals surface area (Å²) in [5.41, 5.74) is 0. The minimum Gasteiger partial charge on any atom is -0.475 e. The van der Waals surface area contributed by atoms with E-state index in [1.54, 1.807) is 0 Å². The first-order chi connectivity index (χ1) is 12.5. The van der Waals surface area contributed by atoms with Gasteiger partial charge in [0.05, 0.1) is 0 Å². The van der Waals surface area contributed by atoms with Crippen molar-refractivity contribution >= 4 is 11.9 Å². The molecule has 0 heterocycles. The zero-order valence-corrected chi connectivity index (χ0v) is 16.8. The van der Waals surface area contributed by atoms with Crippen LogP contribution in [0.25, 0.3) is 0 Å². The number of carboxylic acid groups (broad SMARTS) is 1. The van der Waals surface area contributed by atoms with E-state index >= 15 is 0 Å².